The standard InChI is InChI=1S/C20H31N3O2/c1-15(2)13-22-10-8-17(9-11-22)21-20(25)23-12-7-16-5-3-4-6-18(16)19(23)14-24/h3-6,15,17,19,24H,7-14H2,1-2H3,(H,21,25). The van der Waals surface area contributed by atoms with E-state index in [0.29, 0.717) is 12.5 Å². The molecular formula is C20H31N3O2. The first-order chi connectivity index (χ1) is 12.1. The summed E-state index contributed by atoms with van der Waals surface area (Å²) in [6, 6.07) is 8.10. The van der Waals surface area contributed by atoms with Gasteiger partial charge in [-0.15, -0.1) is 0 Å². The van der Waals surface area contributed by atoms with Gasteiger partial charge < -0.3 is 20.2 Å². The number of nitrogens with zero attached hydrogens (tertiary/aromatic N) is 2. The lowest BCUT2D eigenvalue weighted by Gasteiger charge is -2.39. The van der Waals surface area contributed by atoms with Crippen molar-refractivity contribution in [3.05, 3.63) is 35.4 Å². The van der Waals surface area contributed by atoms with Crippen LogP contribution in [0.25, 0.3) is 0 Å². The van der Waals surface area contributed by atoms with Crippen LogP contribution in [0.1, 0.15) is 43.9 Å². The number of aliphatic hydroxyl groups excluding tert-OH is 1. The van der Waals surface area contributed by atoms with Crippen LogP contribution in [0.5, 0.6) is 0 Å². The molecule has 0 aliphatic carbocycles. The number of urea groups is 1. The van der Waals surface area contributed by atoms with Crippen LogP contribution in [-0.2, 0) is 6.42 Å². The van der Waals surface area contributed by atoms with Crippen molar-refractivity contribution in [2.45, 2.75) is 45.2 Å². The van der Waals surface area contributed by atoms with Crippen molar-refractivity contribution in [3.63, 3.8) is 0 Å². The molecule has 2 amide bonds. The van der Waals surface area contributed by atoms with Crippen LogP contribution >= 0.6 is 0 Å². The molecule has 5 heteroatoms. The summed E-state index contributed by atoms with van der Waals surface area (Å²) in [5.74, 6) is 0.685. The molecule has 1 saturated heterocycles. The van der Waals surface area contributed by atoms with Crippen molar-refractivity contribution in [1.82, 2.24) is 15.1 Å². The van der Waals surface area contributed by atoms with Gasteiger partial charge in [-0.3, -0.25) is 0 Å². The molecule has 1 aromatic carbocycles. The Morgan fingerprint density at radius 2 is 1.96 bits per heavy atom. The van der Waals surface area contributed by atoms with Gasteiger partial charge in [-0.2, -0.15) is 0 Å². The normalized spacial score (nSPS) is 22.1. The SMILES string of the molecule is CC(C)CN1CCC(NC(=O)N2CCc3ccccc3C2CO)CC1. The van der Waals surface area contributed by atoms with E-state index in [4.69, 9.17) is 0 Å². The summed E-state index contributed by atoms with van der Waals surface area (Å²) < 4.78 is 0. The molecule has 2 aliphatic rings. The monoisotopic (exact) mass is 345 g/mol. The lowest BCUT2D eigenvalue weighted by Crippen LogP contribution is -2.52. The Balaban J connectivity index is 1.57. The summed E-state index contributed by atoms with van der Waals surface area (Å²) in [6.45, 7) is 8.37. The van der Waals surface area contributed by atoms with Crippen molar-refractivity contribution in [2.75, 3.05) is 32.8 Å². The molecule has 3 rings (SSSR count). The van der Waals surface area contributed by atoms with Crippen LogP contribution < -0.4 is 5.32 Å². The number of hydrogen-bond acceptors (Lipinski definition) is 3. The summed E-state index contributed by atoms with van der Waals surface area (Å²) in [5.41, 5.74) is 2.32. The number of carbonyl (C=O) groups excluding carboxylic acids is 1. The van der Waals surface area contributed by atoms with E-state index in [1.165, 1.54) is 5.56 Å². The van der Waals surface area contributed by atoms with Gasteiger partial charge in [0.05, 0.1) is 12.6 Å². The van der Waals surface area contributed by atoms with Crippen molar-refractivity contribution in [1.29, 1.82) is 0 Å². The molecule has 0 spiro atoms. The number of likely N-dealkylation sites (tertiary alicyclic amines) is 1. The van der Waals surface area contributed by atoms with Crippen molar-refractivity contribution < 1.29 is 9.90 Å². The van der Waals surface area contributed by atoms with Gasteiger partial charge in [-0.25, -0.2) is 4.79 Å². The molecule has 2 aliphatic heterocycles. The Labute approximate surface area is 151 Å². The van der Waals surface area contributed by atoms with E-state index in [2.05, 4.69) is 30.1 Å². The second kappa shape index (κ2) is 8.19. The lowest BCUT2D eigenvalue weighted by atomic mass is 9.93. The maximum Gasteiger partial charge on any atom is 0.318 e. The average Bonchev–Trinajstić information content (AvgIpc) is 2.61. The van der Waals surface area contributed by atoms with Gasteiger partial charge in [-0.05, 0) is 36.3 Å². The fraction of sp³-hybridized carbons (Fsp3) is 0.650. The molecule has 1 aromatic rings. The van der Waals surface area contributed by atoms with E-state index < -0.39 is 0 Å². The number of carbonyl (C=O) groups is 1. The van der Waals surface area contributed by atoms with Gasteiger partial charge in [-0.1, -0.05) is 38.1 Å². The highest BCUT2D eigenvalue weighted by molar-refractivity contribution is 5.75. The Hall–Kier alpha value is -1.59. The molecule has 138 valence electrons. The second-order valence-corrected chi connectivity index (χ2v) is 7.76. The maximum atomic E-state index is 12.8. The third-order valence-corrected chi connectivity index (χ3v) is 5.38. The minimum atomic E-state index is -0.231. The molecule has 0 aromatic heterocycles. The van der Waals surface area contributed by atoms with Gasteiger partial charge in [0, 0.05) is 32.2 Å². The van der Waals surface area contributed by atoms with E-state index in [-0.39, 0.29) is 24.7 Å². The topological polar surface area (TPSA) is 55.8 Å². The molecule has 1 atom stereocenters. The number of hydrogen-bond donors (Lipinski definition) is 2. The van der Waals surface area contributed by atoms with Crippen LogP contribution in [-0.4, -0.2) is 59.8 Å². The maximum absolute atomic E-state index is 12.8. The number of rotatable bonds is 4. The molecule has 0 bridgehead atoms. The van der Waals surface area contributed by atoms with Crippen LogP contribution in [0.15, 0.2) is 24.3 Å². The summed E-state index contributed by atoms with van der Waals surface area (Å²) in [5, 5.41) is 13.1. The van der Waals surface area contributed by atoms with E-state index in [9.17, 15) is 9.90 Å². The number of nitrogens with one attached hydrogen (secondary N) is 1. The molecule has 1 fully saturated rings. The first-order valence-electron chi connectivity index (χ1n) is 9.56. The Morgan fingerprint density at radius 1 is 1.24 bits per heavy atom. The first-order valence-corrected chi connectivity index (χ1v) is 9.56. The quantitative estimate of drug-likeness (QED) is 0.881. The predicted molar refractivity (Wildman–Crippen MR) is 99.5 cm³/mol. The average molecular weight is 345 g/mol. The summed E-state index contributed by atoms with van der Waals surface area (Å²) in [6.07, 6.45) is 2.87. The van der Waals surface area contributed by atoms with Crippen LogP contribution in [0.4, 0.5) is 4.79 Å². The Kier molecular flexibility index (Phi) is 5.97. The van der Waals surface area contributed by atoms with E-state index >= 15 is 0 Å². The van der Waals surface area contributed by atoms with Gasteiger partial charge in [0.15, 0.2) is 0 Å². The van der Waals surface area contributed by atoms with Crippen LogP contribution in [0, 0.1) is 5.92 Å². The minimum Gasteiger partial charge on any atom is -0.394 e. The largest absolute Gasteiger partial charge is 0.394 e. The molecule has 0 saturated carbocycles. The number of aliphatic hydroxyl groups is 1. The Morgan fingerprint density at radius 3 is 2.64 bits per heavy atom. The third kappa shape index (κ3) is 4.33. The highest BCUT2D eigenvalue weighted by Gasteiger charge is 2.31. The van der Waals surface area contributed by atoms with Gasteiger partial charge in [0.25, 0.3) is 0 Å². The van der Waals surface area contributed by atoms with E-state index in [1.807, 2.05) is 23.1 Å². The molecule has 5 nitrogen and oxygen atoms in total. The number of piperidine rings is 1. The van der Waals surface area contributed by atoms with E-state index in [0.717, 1.165) is 44.5 Å². The molecule has 1 unspecified atom stereocenters. The van der Waals surface area contributed by atoms with Gasteiger partial charge in [0.1, 0.15) is 0 Å². The van der Waals surface area contributed by atoms with Gasteiger partial charge >= 0.3 is 6.03 Å². The molecular weight excluding hydrogens is 314 g/mol. The summed E-state index contributed by atoms with van der Waals surface area (Å²) in [4.78, 5) is 17.1. The zero-order chi connectivity index (χ0) is 17.8. The minimum absolute atomic E-state index is 0.0305. The third-order valence-electron chi connectivity index (χ3n) is 5.38. The van der Waals surface area contributed by atoms with Crippen molar-refractivity contribution in [2.24, 2.45) is 5.92 Å². The summed E-state index contributed by atoms with van der Waals surface area (Å²) in [7, 11) is 0. The molecule has 0 radical (unpaired) electrons. The van der Waals surface area contributed by atoms with Crippen molar-refractivity contribution in [3.8, 4) is 0 Å². The van der Waals surface area contributed by atoms with Crippen LogP contribution in [0.3, 0.4) is 0 Å². The Bertz CT molecular complexity index is 582. The molecule has 2 heterocycles. The fourth-order valence-electron chi connectivity index (χ4n) is 4.13. The zero-order valence-corrected chi connectivity index (χ0v) is 15.4. The first kappa shape index (κ1) is 18.2. The van der Waals surface area contributed by atoms with Gasteiger partial charge in [0.2, 0.25) is 0 Å². The summed E-state index contributed by atoms with van der Waals surface area (Å²) >= 11 is 0. The van der Waals surface area contributed by atoms with Crippen molar-refractivity contribution >= 4 is 6.03 Å². The smallest absolute Gasteiger partial charge is 0.318 e. The van der Waals surface area contributed by atoms with Crippen LogP contribution in [0.2, 0.25) is 0 Å². The fourth-order valence-corrected chi connectivity index (χ4v) is 4.13. The molecule has 25 heavy (non-hydrogen) atoms. The zero-order valence-electron chi connectivity index (χ0n) is 15.4. The second-order valence-electron chi connectivity index (χ2n) is 7.76. The molecule has 2 N–H and O–H groups in total. The highest BCUT2D eigenvalue weighted by atomic mass is 16.3. The lowest BCUT2D eigenvalue weighted by molar-refractivity contribution is 0.119. The number of fused-ring (bicyclic) bond motifs is 1. The van der Waals surface area contributed by atoms with E-state index in [1.54, 1.807) is 0 Å². The number of amides is 2. The number of benzene rings is 1. The highest BCUT2D eigenvalue weighted by Crippen LogP contribution is 2.29. The predicted octanol–water partition coefficient (Wildman–Crippen LogP) is 2.41.